The van der Waals surface area contributed by atoms with Crippen molar-refractivity contribution in [2.75, 3.05) is 6.54 Å². The van der Waals surface area contributed by atoms with E-state index in [0.29, 0.717) is 18.4 Å². The summed E-state index contributed by atoms with van der Waals surface area (Å²) < 4.78 is 26.9. The molecule has 2 aromatic rings. The molecule has 1 aromatic heterocycles. The average molecular weight is 210 g/mol. The second-order valence-electron chi connectivity index (χ2n) is 3.55. The van der Waals surface area contributed by atoms with E-state index in [-0.39, 0.29) is 5.52 Å². The van der Waals surface area contributed by atoms with Crippen LogP contribution in [0.15, 0.2) is 12.1 Å². The van der Waals surface area contributed by atoms with Gasteiger partial charge in [0.15, 0.2) is 0 Å². The van der Waals surface area contributed by atoms with E-state index in [1.54, 1.807) is 6.92 Å². The number of hydrogen-bond donors (Lipinski definition) is 2. The van der Waals surface area contributed by atoms with Crippen molar-refractivity contribution in [1.29, 1.82) is 0 Å². The Hall–Kier alpha value is -1.42. The lowest BCUT2D eigenvalue weighted by Crippen LogP contribution is -2.03. The molecule has 4 heteroatoms. The van der Waals surface area contributed by atoms with Crippen LogP contribution in [0, 0.1) is 18.6 Å². The van der Waals surface area contributed by atoms with Crippen molar-refractivity contribution in [1.82, 2.24) is 4.98 Å². The number of hydrogen-bond acceptors (Lipinski definition) is 1. The number of aromatic amines is 1. The summed E-state index contributed by atoms with van der Waals surface area (Å²) in [6, 6.07) is 2.27. The van der Waals surface area contributed by atoms with E-state index >= 15 is 0 Å². The van der Waals surface area contributed by atoms with Crippen LogP contribution in [0.1, 0.15) is 11.3 Å². The normalized spacial score (nSPS) is 11.2. The number of rotatable bonds is 2. The maximum Gasteiger partial charge on any atom is 0.147 e. The minimum Gasteiger partial charge on any atom is -0.356 e. The smallest absolute Gasteiger partial charge is 0.147 e. The van der Waals surface area contributed by atoms with Gasteiger partial charge in [-0.05, 0) is 37.6 Å². The standard InChI is InChI=1S/C11H12F2N2/c1-6-7(4-5-14)10-8(12)2-3-9(13)11(10)15-6/h2-3,15H,4-5,14H2,1H3. The van der Waals surface area contributed by atoms with Crippen LogP contribution in [0.5, 0.6) is 0 Å². The average Bonchev–Trinajstić information content (AvgIpc) is 2.53. The highest BCUT2D eigenvalue weighted by Crippen LogP contribution is 2.27. The van der Waals surface area contributed by atoms with Gasteiger partial charge in [0.25, 0.3) is 0 Å². The summed E-state index contributed by atoms with van der Waals surface area (Å²) in [7, 11) is 0. The maximum atomic E-state index is 13.5. The van der Waals surface area contributed by atoms with Crippen molar-refractivity contribution in [3.05, 3.63) is 35.0 Å². The zero-order chi connectivity index (χ0) is 11.0. The van der Waals surface area contributed by atoms with Gasteiger partial charge >= 0.3 is 0 Å². The van der Waals surface area contributed by atoms with Crippen LogP contribution < -0.4 is 5.73 Å². The zero-order valence-corrected chi connectivity index (χ0v) is 8.40. The van der Waals surface area contributed by atoms with Gasteiger partial charge in [-0.3, -0.25) is 0 Å². The highest BCUT2D eigenvalue weighted by molar-refractivity contribution is 5.85. The molecule has 0 bridgehead atoms. The molecule has 0 spiro atoms. The molecule has 1 heterocycles. The second-order valence-corrected chi connectivity index (χ2v) is 3.55. The Morgan fingerprint density at radius 2 is 1.93 bits per heavy atom. The summed E-state index contributed by atoms with van der Waals surface area (Å²) >= 11 is 0. The van der Waals surface area contributed by atoms with Crippen molar-refractivity contribution in [3.8, 4) is 0 Å². The molecule has 0 atom stereocenters. The number of benzene rings is 1. The predicted octanol–water partition coefficient (Wildman–Crippen LogP) is 2.26. The van der Waals surface area contributed by atoms with Gasteiger partial charge in [-0.15, -0.1) is 0 Å². The number of aryl methyl sites for hydroxylation is 1. The number of H-pyrrole nitrogens is 1. The maximum absolute atomic E-state index is 13.5. The fourth-order valence-corrected chi connectivity index (χ4v) is 1.88. The van der Waals surface area contributed by atoms with E-state index in [0.717, 1.165) is 23.4 Å². The molecule has 0 aliphatic carbocycles. The Morgan fingerprint density at radius 1 is 1.27 bits per heavy atom. The lowest BCUT2D eigenvalue weighted by molar-refractivity contribution is 0.616. The van der Waals surface area contributed by atoms with E-state index in [9.17, 15) is 8.78 Å². The molecule has 0 amide bonds. The van der Waals surface area contributed by atoms with Crippen LogP contribution in [0.25, 0.3) is 10.9 Å². The first-order chi connectivity index (χ1) is 7.15. The SMILES string of the molecule is Cc1[nH]c2c(F)ccc(F)c2c1CCN. The van der Waals surface area contributed by atoms with Crippen LogP contribution in [-0.2, 0) is 6.42 Å². The lowest BCUT2D eigenvalue weighted by Gasteiger charge is -1.99. The third-order valence-corrected chi connectivity index (χ3v) is 2.56. The Balaban J connectivity index is 2.79. The minimum absolute atomic E-state index is 0.232. The van der Waals surface area contributed by atoms with Gasteiger partial charge in [0.2, 0.25) is 0 Å². The number of nitrogens with two attached hydrogens (primary N) is 1. The van der Waals surface area contributed by atoms with Gasteiger partial charge in [0.05, 0.1) is 5.52 Å². The summed E-state index contributed by atoms with van der Waals surface area (Å²) in [6.07, 6.45) is 0.548. The molecule has 0 aliphatic heterocycles. The predicted molar refractivity (Wildman–Crippen MR) is 55.7 cm³/mol. The van der Waals surface area contributed by atoms with Gasteiger partial charge in [0, 0.05) is 11.1 Å². The summed E-state index contributed by atoms with van der Waals surface area (Å²) in [6.45, 7) is 2.22. The molecule has 1 aromatic carbocycles. The first kappa shape index (κ1) is 10.1. The van der Waals surface area contributed by atoms with Gasteiger partial charge in [0.1, 0.15) is 11.6 Å². The quantitative estimate of drug-likeness (QED) is 0.784. The number of aromatic nitrogens is 1. The van der Waals surface area contributed by atoms with Crippen molar-refractivity contribution in [2.24, 2.45) is 5.73 Å². The third-order valence-electron chi connectivity index (χ3n) is 2.56. The topological polar surface area (TPSA) is 41.8 Å². The van der Waals surface area contributed by atoms with Crippen molar-refractivity contribution < 1.29 is 8.78 Å². The molecule has 0 fully saturated rings. The monoisotopic (exact) mass is 210 g/mol. The van der Waals surface area contributed by atoms with E-state index < -0.39 is 11.6 Å². The molecule has 2 rings (SSSR count). The number of fused-ring (bicyclic) bond motifs is 1. The van der Waals surface area contributed by atoms with Gasteiger partial charge in [-0.1, -0.05) is 0 Å². The van der Waals surface area contributed by atoms with Crippen molar-refractivity contribution >= 4 is 10.9 Å². The Labute approximate surface area is 86.1 Å². The van der Waals surface area contributed by atoms with Crippen LogP contribution in [0.2, 0.25) is 0 Å². The first-order valence-corrected chi connectivity index (χ1v) is 4.80. The molecule has 0 saturated heterocycles. The van der Waals surface area contributed by atoms with E-state index in [1.807, 2.05) is 0 Å². The van der Waals surface area contributed by atoms with Crippen LogP contribution in [0.4, 0.5) is 8.78 Å². The molecule has 15 heavy (non-hydrogen) atoms. The molecule has 0 unspecified atom stereocenters. The van der Waals surface area contributed by atoms with Gasteiger partial charge < -0.3 is 10.7 Å². The van der Waals surface area contributed by atoms with Crippen LogP contribution in [0.3, 0.4) is 0 Å². The summed E-state index contributed by atoms with van der Waals surface area (Å²) in [5.41, 5.74) is 7.22. The minimum atomic E-state index is -0.433. The summed E-state index contributed by atoms with van der Waals surface area (Å²) in [5.74, 6) is -0.836. The molecule has 3 N–H and O–H groups in total. The first-order valence-electron chi connectivity index (χ1n) is 4.80. The Kier molecular flexibility index (Phi) is 2.44. The largest absolute Gasteiger partial charge is 0.356 e. The molecule has 0 radical (unpaired) electrons. The third kappa shape index (κ3) is 1.51. The number of nitrogens with one attached hydrogen (secondary N) is 1. The number of halogens is 2. The second kappa shape index (κ2) is 3.62. The van der Waals surface area contributed by atoms with Crippen LogP contribution >= 0.6 is 0 Å². The molecule has 0 saturated carbocycles. The van der Waals surface area contributed by atoms with E-state index in [1.165, 1.54) is 0 Å². The van der Waals surface area contributed by atoms with E-state index in [4.69, 9.17) is 5.73 Å². The van der Waals surface area contributed by atoms with Gasteiger partial charge in [-0.2, -0.15) is 0 Å². The lowest BCUT2D eigenvalue weighted by atomic mass is 10.1. The van der Waals surface area contributed by atoms with Crippen molar-refractivity contribution in [3.63, 3.8) is 0 Å². The molecule has 80 valence electrons. The molecular weight excluding hydrogens is 198 g/mol. The molecule has 2 nitrogen and oxygen atoms in total. The highest BCUT2D eigenvalue weighted by atomic mass is 19.1. The fraction of sp³-hybridized carbons (Fsp3) is 0.273. The van der Waals surface area contributed by atoms with Gasteiger partial charge in [-0.25, -0.2) is 8.78 Å². The zero-order valence-electron chi connectivity index (χ0n) is 8.40. The summed E-state index contributed by atoms with van der Waals surface area (Å²) in [4.78, 5) is 2.85. The Bertz CT molecular complexity index is 503. The summed E-state index contributed by atoms with van der Waals surface area (Å²) in [5, 5.41) is 0.331. The van der Waals surface area contributed by atoms with Crippen LogP contribution in [-0.4, -0.2) is 11.5 Å². The molecular formula is C11H12F2N2. The fourth-order valence-electron chi connectivity index (χ4n) is 1.88. The Morgan fingerprint density at radius 3 is 2.60 bits per heavy atom. The van der Waals surface area contributed by atoms with Crippen molar-refractivity contribution in [2.45, 2.75) is 13.3 Å². The molecule has 0 aliphatic rings. The highest BCUT2D eigenvalue weighted by Gasteiger charge is 2.14. The van der Waals surface area contributed by atoms with E-state index in [2.05, 4.69) is 4.98 Å².